The molecule has 0 heterocycles. The van der Waals surface area contributed by atoms with E-state index in [2.05, 4.69) is 19.1 Å². The van der Waals surface area contributed by atoms with E-state index in [1.54, 1.807) is 12.2 Å². The molecule has 0 saturated heterocycles. The van der Waals surface area contributed by atoms with Gasteiger partial charge in [0.2, 0.25) is 0 Å². The van der Waals surface area contributed by atoms with Gasteiger partial charge in [-0.25, -0.2) is 4.79 Å². The third-order valence-corrected chi connectivity index (χ3v) is 3.26. The highest BCUT2D eigenvalue weighted by Gasteiger charge is 1.88. The fourth-order valence-corrected chi connectivity index (χ4v) is 1.92. The van der Waals surface area contributed by atoms with Gasteiger partial charge < -0.3 is 15.9 Å². The molecule has 0 rings (SSSR count). The number of hydrogen-bond donors (Lipinski definition) is 3. The van der Waals surface area contributed by atoms with Gasteiger partial charge in [0, 0.05) is 12.6 Å². The molecule has 0 aromatic rings. The van der Waals surface area contributed by atoms with Crippen molar-refractivity contribution in [2.45, 2.75) is 58.3 Å². The summed E-state index contributed by atoms with van der Waals surface area (Å²) in [6.07, 6.45) is 28.8. The van der Waals surface area contributed by atoms with Crippen molar-refractivity contribution in [3.63, 3.8) is 0 Å². The van der Waals surface area contributed by atoms with E-state index >= 15 is 0 Å². The van der Waals surface area contributed by atoms with Gasteiger partial charge in [0.1, 0.15) is 0 Å². The molecule has 4 heteroatoms. The predicted molar refractivity (Wildman–Crippen MR) is 112 cm³/mol. The van der Waals surface area contributed by atoms with Crippen LogP contribution in [0, 0.1) is 0 Å². The van der Waals surface area contributed by atoms with Crippen molar-refractivity contribution < 1.29 is 15.0 Å². The Morgan fingerprint density at radius 1 is 0.808 bits per heavy atom. The minimum Gasteiger partial charge on any atom is -0.478 e. The molecule has 0 aliphatic carbocycles. The molecule has 0 unspecified atom stereocenters. The van der Waals surface area contributed by atoms with E-state index in [0.717, 1.165) is 12.5 Å². The number of allylic oxidation sites excluding steroid dienone is 9. The zero-order valence-electron chi connectivity index (χ0n) is 16.2. The molecule has 0 radical (unpaired) electrons. The van der Waals surface area contributed by atoms with Crippen LogP contribution in [-0.4, -0.2) is 29.3 Å². The van der Waals surface area contributed by atoms with Gasteiger partial charge in [-0.2, -0.15) is 0 Å². The molecule has 0 bridgehead atoms. The van der Waals surface area contributed by atoms with Crippen molar-refractivity contribution in [3.05, 3.63) is 60.8 Å². The maximum Gasteiger partial charge on any atom is 0.328 e. The maximum atomic E-state index is 10.2. The summed E-state index contributed by atoms with van der Waals surface area (Å²) < 4.78 is 0. The molecule has 0 aliphatic rings. The van der Waals surface area contributed by atoms with E-state index in [1.807, 2.05) is 24.3 Å². The predicted octanol–water partition coefficient (Wildman–Crippen LogP) is 4.93. The summed E-state index contributed by atoms with van der Waals surface area (Å²) in [6, 6.07) is 0. The van der Waals surface area contributed by atoms with Crippen molar-refractivity contribution in [1.29, 1.82) is 0 Å². The molecule has 0 aromatic carbocycles. The Hall–Kier alpha value is -1.91. The Morgan fingerprint density at radius 2 is 1.27 bits per heavy atom. The molecule has 0 amide bonds. The molecule has 0 spiro atoms. The van der Waals surface area contributed by atoms with Gasteiger partial charge in [-0.15, -0.1) is 0 Å². The third kappa shape index (κ3) is 30.0. The summed E-state index contributed by atoms with van der Waals surface area (Å²) in [7, 11) is 0. The van der Waals surface area contributed by atoms with Crippen LogP contribution in [0.1, 0.15) is 58.3 Å². The standard InChI is InChI=1S/C20H30O2.C2H7NO/c1-2-3-4-5-6-7-8-9-10-11-12-13-14-15-16-17-18-19-20(21)22;3-1-2-4/h10-19H,2-9H2,1H3,(H,21,22);4H,1-3H2. The van der Waals surface area contributed by atoms with Crippen molar-refractivity contribution >= 4 is 5.97 Å². The fourth-order valence-electron chi connectivity index (χ4n) is 1.92. The molecule has 4 N–H and O–H groups in total. The normalized spacial score (nSPS) is 12.0. The Bertz CT molecular complexity index is 433. The van der Waals surface area contributed by atoms with Crippen molar-refractivity contribution in [2.75, 3.05) is 13.2 Å². The van der Waals surface area contributed by atoms with Crippen LogP contribution < -0.4 is 5.73 Å². The Balaban J connectivity index is 0. The lowest BCUT2D eigenvalue weighted by Crippen LogP contribution is -2.02. The third-order valence-electron chi connectivity index (χ3n) is 3.26. The first-order valence-corrected chi connectivity index (χ1v) is 9.56. The van der Waals surface area contributed by atoms with Gasteiger partial charge in [0.25, 0.3) is 0 Å². The highest BCUT2D eigenvalue weighted by atomic mass is 16.4. The maximum absolute atomic E-state index is 10.2. The number of aliphatic hydroxyl groups excluding tert-OH is 1. The SMILES string of the molecule is CCCCCCCCCC=CC=CC=CC=CC=CC(=O)O.NCCO. The van der Waals surface area contributed by atoms with E-state index < -0.39 is 5.97 Å². The number of nitrogens with two attached hydrogens (primary N) is 1. The first-order chi connectivity index (χ1) is 12.7. The Labute approximate surface area is 159 Å². The summed E-state index contributed by atoms with van der Waals surface area (Å²) in [5.41, 5.74) is 4.78. The molecular weight excluding hydrogens is 326 g/mol. The Kier molecular flexibility index (Phi) is 25.6. The number of aliphatic hydroxyl groups is 1. The first-order valence-electron chi connectivity index (χ1n) is 9.56. The highest BCUT2D eigenvalue weighted by Crippen LogP contribution is 2.08. The minimum absolute atomic E-state index is 0.0972. The smallest absolute Gasteiger partial charge is 0.328 e. The van der Waals surface area contributed by atoms with Crippen LogP contribution in [0.15, 0.2) is 60.8 Å². The lowest BCUT2D eigenvalue weighted by molar-refractivity contribution is -0.131. The largest absolute Gasteiger partial charge is 0.478 e. The van der Waals surface area contributed by atoms with Gasteiger partial charge in [-0.3, -0.25) is 0 Å². The second-order valence-corrected chi connectivity index (χ2v) is 5.70. The molecule has 0 aliphatic heterocycles. The van der Waals surface area contributed by atoms with Crippen LogP contribution in [0.3, 0.4) is 0 Å². The molecule has 4 nitrogen and oxygen atoms in total. The van der Waals surface area contributed by atoms with E-state index in [1.165, 1.54) is 51.0 Å². The number of carbonyl (C=O) groups is 1. The van der Waals surface area contributed by atoms with E-state index in [-0.39, 0.29) is 6.61 Å². The van der Waals surface area contributed by atoms with Gasteiger partial charge in [0.15, 0.2) is 0 Å². The van der Waals surface area contributed by atoms with Crippen LogP contribution in [0.5, 0.6) is 0 Å². The topological polar surface area (TPSA) is 83.5 Å². The van der Waals surface area contributed by atoms with Gasteiger partial charge in [-0.1, -0.05) is 100 Å². The average Bonchev–Trinajstić information content (AvgIpc) is 2.64. The Morgan fingerprint density at radius 3 is 1.77 bits per heavy atom. The zero-order chi connectivity index (χ0) is 19.7. The van der Waals surface area contributed by atoms with Crippen molar-refractivity contribution in [2.24, 2.45) is 5.73 Å². The average molecular weight is 364 g/mol. The summed E-state index contributed by atoms with van der Waals surface area (Å²) >= 11 is 0. The van der Waals surface area contributed by atoms with Crippen LogP contribution in [-0.2, 0) is 4.79 Å². The molecule has 0 aromatic heterocycles. The lowest BCUT2D eigenvalue weighted by atomic mass is 10.1. The van der Waals surface area contributed by atoms with Crippen LogP contribution in [0.25, 0.3) is 0 Å². The second kappa shape index (κ2) is 25.3. The molecular formula is C22H37NO3. The number of unbranched alkanes of at least 4 members (excludes halogenated alkanes) is 7. The number of rotatable bonds is 14. The minimum atomic E-state index is -0.931. The van der Waals surface area contributed by atoms with E-state index in [9.17, 15) is 4.79 Å². The number of carboxylic acids is 1. The monoisotopic (exact) mass is 363 g/mol. The lowest BCUT2D eigenvalue weighted by Gasteiger charge is -1.98. The number of hydrogen-bond acceptors (Lipinski definition) is 3. The molecule has 0 atom stereocenters. The zero-order valence-corrected chi connectivity index (χ0v) is 16.2. The van der Waals surface area contributed by atoms with Crippen molar-refractivity contribution in [1.82, 2.24) is 0 Å². The molecule has 148 valence electrons. The summed E-state index contributed by atoms with van der Waals surface area (Å²) in [6.45, 7) is 2.72. The van der Waals surface area contributed by atoms with E-state index in [0.29, 0.717) is 6.54 Å². The van der Waals surface area contributed by atoms with Gasteiger partial charge >= 0.3 is 5.97 Å². The fraction of sp³-hybridized carbons (Fsp3) is 0.500. The van der Waals surface area contributed by atoms with Crippen LogP contribution in [0.4, 0.5) is 0 Å². The molecule has 26 heavy (non-hydrogen) atoms. The quantitative estimate of drug-likeness (QED) is 0.232. The second-order valence-electron chi connectivity index (χ2n) is 5.70. The first kappa shape index (κ1) is 26.3. The van der Waals surface area contributed by atoms with E-state index in [4.69, 9.17) is 15.9 Å². The van der Waals surface area contributed by atoms with Crippen molar-refractivity contribution in [3.8, 4) is 0 Å². The summed E-state index contributed by atoms with van der Waals surface area (Å²) in [4.78, 5) is 10.2. The summed E-state index contributed by atoms with van der Waals surface area (Å²) in [5, 5.41) is 16.1. The molecule has 0 fully saturated rings. The number of aliphatic carboxylic acids is 1. The van der Waals surface area contributed by atoms with Crippen LogP contribution in [0.2, 0.25) is 0 Å². The molecule has 0 saturated carbocycles. The van der Waals surface area contributed by atoms with Gasteiger partial charge in [0.05, 0.1) is 6.61 Å². The number of carboxylic acid groups (broad SMARTS) is 1. The van der Waals surface area contributed by atoms with Crippen LogP contribution >= 0.6 is 0 Å². The summed E-state index contributed by atoms with van der Waals surface area (Å²) in [5.74, 6) is -0.931. The van der Waals surface area contributed by atoms with Gasteiger partial charge in [-0.05, 0) is 12.8 Å². The highest BCUT2D eigenvalue weighted by molar-refractivity contribution is 5.80.